The summed E-state index contributed by atoms with van der Waals surface area (Å²) < 4.78 is 11.4. The van der Waals surface area contributed by atoms with E-state index in [1.54, 1.807) is 24.3 Å². The maximum atomic E-state index is 13.9. The third-order valence-corrected chi connectivity index (χ3v) is 7.39. The van der Waals surface area contributed by atoms with Crippen molar-refractivity contribution in [2.45, 2.75) is 41.5 Å². The van der Waals surface area contributed by atoms with Gasteiger partial charge < -0.3 is 20.1 Å². The summed E-state index contributed by atoms with van der Waals surface area (Å²) in [6.45, 7) is 11.7. The minimum atomic E-state index is -0.415. The molecule has 2 N–H and O–H groups in total. The van der Waals surface area contributed by atoms with E-state index in [2.05, 4.69) is 42.5 Å². The Balaban J connectivity index is 1.96. The summed E-state index contributed by atoms with van der Waals surface area (Å²) in [5, 5.41) is 6.58. The van der Waals surface area contributed by atoms with Crippen LogP contribution in [0.15, 0.2) is 33.2 Å². The third kappa shape index (κ3) is 6.83. The average Bonchev–Trinajstić information content (AvgIpc) is 2.83. The highest BCUT2D eigenvalue weighted by Gasteiger charge is 2.37. The van der Waals surface area contributed by atoms with Crippen LogP contribution in [0, 0.1) is 10.8 Å². The van der Waals surface area contributed by atoms with E-state index in [-0.39, 0.29) is 59.0 Å². The molecule has 0 amide bonds. The number of carbonyl (C=O) groups is 4. The summed E-state index contributed by atoms with van der Waals surface area (Å²) in [5.41, 5.74) is 1.35. The highest BCUT2D eigenvalue weighted by Crippen LogP contribution is 2.42. The minimum absolute atomic E-state index is 0.206. The molecule has 8 nitrogen and oxygen atoms in total. The van der Waals surface area contributed by atoms with Crippen LogP contribution < -0.4 is 10.6 Å². The summed E-state index contributed by atoms with van der Waals surface area (Å²) in [7, 11) is 0. The maximum absolute atomic E-state index is 13.9. The summed E-state index contributed by atoms with van der Waals surface area (Å²) in [5.74, 6) is -1.29. The van der Waals surface area contributed by atoms with Crippen molar-refractivity contribution in [3.05, 3.63) is 55.5 Å². The molecule has 3 rings (SSSR count). The van der Waals surface area contributed by atoms with Crippen LogP contribution in [0.4, 0.5) is 11.4 Å². The van der Waals surface area contributed by atoms with Crippen molar-refractivity contribution < 1.29 is 28.7 Å². The molecular formula is C28H32Br2N2O6. The van der Waals surface area contributed by atoms with Crippen molar-refractivity contribution in [2.24, 2.45) is 10.8 Å². The second-order valence-corrected chi connectivity index (χ2v) is 12.7. The van der Waals surface area contributed by atoms with E-state index in [0.29, 0.717) is 33.4 Å². The number of halogens is 2. The van der Waals surface area contributed by atoms with E-state index in [4.69, 9.17) is 9.47 Å². The standard InChI is InChI=1S/C28H32Br2N2O6/c1-15(33)37-13-27(3,4)11-31-19-9-7-17(29)21-23(19)25(35)22-18(30)8-10-20(24(22)26(21)36)32-12-28(5,6)14-38-16(2)34/h7-10,31-32H,11-14H2,1-6H3. The van der Waals surface area contributed by atoms with Gasteiger partial charge in [-0.15, -0.1) is 0 Å². The van der Waals surface area contributed by atoms with Gasteiger partial charge >= 0.3 is 11.9 Å². The first-order valence-electron chi connectivity index (χ1n) is 12.1. The van der Waals surface area contributed by atoms with Gasteiger partial charge in [0, 0.05) is 58.1 Å². The summed E-state index contributed by atoms with van der Waals surface area (Å²) in [6.07, 6.45) is 0. The van der Waals surface area contributed by atoms with E-state index >= 15 is 0 Å². The second kappa shape index (κ2) is 11.6. The van der Waals surface area contributed by atoms with Gasteiger partial charge in [-0.05, 0) is 24.3 Å². The molecule has 10 heteroatoms. The molecule has 0 aromatic heterocycles. The number of ketones is 2. The van der Waals surface area contributed by atoms with Crippen LogP contribution in [0.25, 0.3) is 0 Å². The number of carbonyl (C=O) groups excluding carboxylic acids is 4. The van der Waals surface area contributed by atoms with Crippen molar-refractivity contribution >= 4 is 66.7 Å². The monoisotopic (exact) mass is 650 g/mol. The van der Waals surface area contributed by atoms with Gasteiger partial charge in [0.1, 0.15) is 0 Å². The van der Waals surface area contributed by atoms with Crippen LogP contribution in [0.2, 0.25) is 0 Å². The Labute approximate surface area is 239 Å². The predicted molar refractivity (Wildman–Crippen MR) is 153 cm³/mol. The molecule has 0 saturated carbocycles. The predicted octanol–water partition coefficient (Wildman–Crippen LogP) is 5.99. The third-order valence-electron chi connectivity index (χ3n) is 6.06. The first kappa shape index (κ1) is 29.8. The first-order valence-corrected chi connectivity index (χ1v) is 13.7. The minimum Gasteiger partial charge on any atom is -0.465 e. The molecule has 0 saturated heterocycles. The molecule has 2 aromatic rings. The Morgan fingerprint density at radius 3 is 1.34 bits per heavy atom. The molecule has 0 spiro atoms. The van der Waals surface area contributed by atoms with Gasteiger partial charge in [-0.1, -0.05) is 59.6 Å². The number of benzene rings is 2. The van der Waals surface area contributed by atoms with Crippen molar-refractivity contribution in [1.82, 2.24) is 0 Å². The van der Waals surface area contributed by atoms with Crippen molar-refractivity contribution in [3.8, 4) is 0 Å². The maximum Gasteiger partial charge on any atom is 0.302 e. The zero-order chi connectivity index (χ0) is 28.4. The molecule has 38 heavy (non-hydrogen) atoms. The zero-order valence-electron chi connectivity index (χ0n) is 22.3. The number of esters is 2. The number of fused-ring (bicyclic) bond motifs is 2. The molecule has 2 aromatic carbocycles. The lowest BCUT2D eigenvalue weighted by molar-refractivity contribution is -0.144. The van der Waals surface area contributed by atoms with Crippen molar-refractivity contribution in [1.29, 1.82) is 0 Å². The first-order chi connectivity index (χ1) is 17.6. The lowest BCUT2D eigenvalue weighted by Crippen LogP contribution is -2.32. The average molecular weight is 652 g/mol. The fourth-order valence-corrected chi connectivity index (χ4v) is 5.00. The van der Waals surface area contributed by atoms with Crippen LogP contribution in [0.1, 0.15) is 73.4 Å². The number of rotatable bonds is 10. The van der Waals surface area contributed by atoms with Gasteiger partial charge in [-0.25, -0.2) is 0 Å². The quantitative estimate of drug-likeness (QED) is 0.257. The van der Waals surface area contributed by atoms with Gasteiger partial charge in [-0.2, -0.15) is 0 Å². The molecule has 0 aliphatic heterocycles. The SMILES string of the molecule is CC(=O)OCC(C)(C)CNc1ccc(Br)c2c1C(=O)c1c(Br)ccc(NCC(C)(C)COC(C)=O)c1C2=O. The Morgan fingerprint density at radius 1 is 0.684 bits per heavy atom. The molecule has 0 heterocycles. The number of ether oxygens (including phenoxy) is 2. The van der Waals surface area contributed by atoms with Crippen LogP contribution in [-0.4, -0.2) is 49.8 Å². The fraction of sp³-hybridized carbons (Fsp3) is 0.429. The van der Waals surface area contributed by atoms with Crippen LogP contribution in [0.3, 0.4) is 0 Å². The second-order valence-electron chi connectivity index (χ2n) is 10.9. The van der Waals surface area contributed by atoms with Crippen LogP contribution in [-0.2, 0) is 19.1 Å². The Morgan fingerprint density at radius 2 is 1.03 bits per heavy atom. The Bertz CT molecular complexity index is 1200. The van der Waals surface area contributed by atoms with Gasteiger partial charge in [0.25, 0.3) is 0 Å². The Kier molecular flexibility index (Phi) is 9.08. The summed E-state index contributed by atoms with van der Waals surface area (Å²) in [4.78, 5) is 50.3. The highest BCUT2D eigenvalue weighted by atomic mass is 79.9. The Hall–Kier alpha value is -2.72. The highest BCUT2D eigenvalue weighted by molar-refractivity contribution is 9.10. The molecule has 0 fully saturated rings. The fourth-order valence-electron chi connectivity index (χ4n) is 3.98. The topological polar surface area (TPSA) is 111 Å². The van der Waals surface area contributed by atoms with E-state index < -0.39 is 10.8 Å². The number of anilines is 2. The van der Waals surface area contributed by atoms with Crippen molar-refractivity contribution in [2.75, 3.05) is 36.9 Å². The lowest BCUT2D eigenvalue weighted by atomic mass is 9.82. The van der Waals surface area contributed by atoms with Crippen molar-refractivity contribution in [3.63, 3.8) is 0 Å². The smallest absolute Gasteiger partial charge is 0.302 e. The normalized spacial score (nSPS) is 12.9. The molecule has 0 radical (unpaired) electrons. The molecule has 0 bridgehead atoms. The lowest BCUT2D eigenvalue weighted by Gasteiger charge is -2.29. The van der Waals surface area contributed by atoms with E-state index in [1.165, 1.54) is 13.8 Å². The molecule has 0 unspecified atom stereocenters. The van der Waals surface area contributed by atoms with Gasteiger partial charge in [0.05, 0.1) is 35.5 Å². The van der Waals surface area contributed by atoms with E-state index in [1.807, 2.05) is 27.7 Å². The molecule has 1 aliphatic carbocycles. The molecule has 1 aliphatic rings. The van der Waals surface area contributed by atoms with Crippen LogP contribution in [0.5, 0.6) is 0 Å². The summed E-state index contributed by atoms with van der Waals surface area (Å²) in [6, 6.07) is 7.00. The van der Waals surface area contributed by atoms with Gasteiger partial charge in [-0.3, -0.25) is 19.2 Å². The number of hydrogen-bond donors (Lipinski definition) is 2. The largest absolute Gasteiger partial charge is 0.465 e. The van der Waals surface area contributed by atoms with Gasteiger partial charge in [0.2, 0.25) is 0 Å². The van der Waals surface area contributed by atoms with Crippen LogP contribution >= 0.6 is 31.9 Å². The van der Waals surface area contributed by atoms with E-state index in [9.17, 15) is 19.2 Å². The summed E-state index contributed by atoms with van der Waals surface area (Å²) >= 11 is 6.95. The molecular weight excluding hydrogens is 620 g/mol. The van der Waals surface area contributed by atoms with E-state index in [0.717, 1.165) is 0 Å². The molecule has 204 valence electrons. The zero-order valence-corrected chi connectivity index (χ0v) is 25.5. The number of hydrogen-bond acceptors (Lipinski definition) is 8. The van der Waals surface area contributed by atoms with Gasteiger partial charge in [0.15, 0.2) is 11.6 Å². The number of nitrogens with one attached hydrogen (secondary N) is 2. The molecule has 0 atom stereocenters.